The number of aromatic nitrogens is 2. The summed E-state index contributed by atoms with van der Waals surface area (Å²) < 4.78 is 0. The first kappa shape index (κ1) is 4.13. The lowest BCUT2D eigenvalue weighted by molar-refractivity contribution is 0.976. The van der Waals surface area contributed by atoms with E-state index in [1.54, 1.807) is 0 Å². The predicted molar refractivity (Wildman–Crippen MR) is 30.6 cm³/mol. The summed E-state index contributed by atoms with van der Waals surface area (Å²) in [6.07, 6.45) is 6.35. The second-order valence-corrected chi connectivity index (χ2v) is 2.25. The predicted octanol–water partition coefficient (Wildman–Crippen LogP) is 1.29. The van der Waals surface area contributed by atoms with E-state index in [9.17, 15) is 0 Å². The Morgan fingerprint density at radius 3 is 3.00 bits per heavy atom. The molecule has 0 amide bonds. The summed E-state index contributed by atoms with van der Waals surface area (Å²) in [6.45, 7) is 0. The van der Waals surface area contributed by atoms with Crippen molar-refractivity contribution in [2.75, 3.05) is 0 Å². The Labute approximate surface area is 47.9 Å². The molecule has 1 aliphatic carbocycles. The summed E-state index contributed by atoms with van der Waals surface area (Å²) in [4.78, 5) is 7.21. The minimum Gasteiger partial charge on any atom is -0.348 e. The lowest BCUT2D eigenvalue weighted by Gasteiger charge is -1.82. The average molecular weight is 108 g/mol. The monoisotopic (exact) mass is 108 g/mol. The summed E-state index contributed by atoms with van der Waals surface area (Å²) in [5.74, 6) is 1.94. The van der Waals surface area contributed by atoms with Gasteiger partial charge in [-0.15, -0.1) is 0 Å². The van der Waals surface area contributed by atoms with Gasteiger partial charge in [-0.3, -0.25) is 0 Å². The van der Waals surface area contributed by atoms with Gasteiger partial charge in [-0.05, 0) is 12.8 Å². The zero-order valence-electron chi connectivity index (χ0n) is 4.59. The molecule has 1 N–H and O–H groups in total. The van der Waals surface area contributed by atoms with E-state index in [1.165, 1.54) is 18.7 Å². The molecule has 1 aliphatic rings. The van der Waals surface area contributed by atoms with Crippen molar-refractivity contribution in [3.63, 3.8) is 0 Å². The summed E-state index contributed by atoms with van der Waals surface area (Å²) >= 11 is 0. The molecule has 1 fully saturated rings. The number of imidazole rings is 1. The Bertz CT molecular complexity index is 163. The van der Waals surface area contributed by atoms with Crippen molar-refractivity contribution in [3.05, 3.63) is 18.2 Å². The highest BCUT2D eigenvalue weighted by molar-refractivity contribution is 5.04. The first-order chi connectivity index (χ1) is 3.97. The number of hydrogen-bond donors (Lipinski definition) is 1. The highest BCUT2D eigenvalue weighted by Crippen LogP contribution is 2.37. The van der Waals surface area contributed by atoms with Crippen LogP contribution in [-0.4, -0.2) is 9.97 Å². The molecule has 0 aliphatic heterocycles. The SMILES string of the molecule is c1c[nH]c(C2CC2)n1. The number of nitrogens with zero attached hydrogens (tertiary/aromatic N) is 1. The van der Waals surface area contributed by atoms with Gasteiger partial charge in [0.1, 0.15) is 5.82 Å². The minimum atomic E-state index is 0.769. The maximum Gasteiger partial charge on any atom is 0.109 e. The topological polar surface area (TPSA) is 28.7 Å². The standard InChI is InChI=1S/C6H8N2/c1-2-5(1)6-7-3-4-8-6/h3-5H,1-2H2,(H,7,8). The fourth-order valence-electron chi connectivity index (χ4n) is 0.858. The average Bonchev–Trinajstić information content (AvgIpc) is 2.49. The van der Waals surface area contributed by atoms with E-state index >= 15 is 0 Å². The molecule has 42 valence electrons. The van der Waals surface area contributed by atoms with Gasteiger partial charge in [0.05, 0.1) is 0 Å². The highest BCUT2D eigenvalue weighted by Gasteiger charge is 2.25. The van der Waals surface area contributed by atoms with Gasteiger partial charge in [0.15, 0.2) is 0 Å². The molecule has 1 aromatic rings. The lowest BCUT2D eigenvalue weighted by Crippen LogP contribution is -1.78. The Morgan fingerprint density at radius 1 is 1.62 bits per heavy atom. The second kappa shape index (κ2) is 1.34. The third-order valence-corrected chi connectivity index (χ3v) is 1.48. The van der Waals surface area contributed by atoms with Gasteiger partial charge in [-0.1, -0.05) is 0 Å². The summed E-state index contributed by atoms with van der Waals surface area (Å²) in [5, 5.41) is 0. The van der Waals surface area contributed by atoms with Crippen molar-refractivity contribution in [3.8, 4) is 0 Å². The van der Waals surface area contributed by atoms with E-state index in [-0.39, 0.29) is 0 Å². The summed E-state index contributed by atoms with van der Waals surface area (Å²) in [6, 6.07) is 0. The van der Waals surface area contributed by atoms with E-state index < -0.39 is 0 Å². The minimum absolute atomic E-state index is 0.769. The molecule has 1 heterocycles. The third kappa shape index (κ3) is 0.529. The van der Waals surface area contributed by atoms with Crippen molar-refractivity contribution in [1.82, 2.24) is 9.97 Å². The van der Waals surface area contributed by atoms with Crippen LogP contribution < -0.4 is 0 Å². The maximum absolute atomic E-state index is 4.12. The van der Waals surface area contributed by atoms with Crippen LogP contribution >= 0.6 is 0 Å². The molecule has 0 unspecified atom stereocenters. The van der Waals surface area contributed by atoms with Crippen molar-refractivity contribution >= 4 is 0 Å². The Kier molecular flexibility index (Phi) is 0.692. The van der Waals surface area contributed by atoms with Crippen molar-refractivity contribution in [2.45, 2.75) is 18.8 Å². The maximum atomic E-state index is 4.12. The number of hydrogen-bond acceptors (Lipinski definition) is 1. The van der Waals surface area contributed by atoms with Crippen LogP contribution in [0, 0.1) is 0 Å². The molecule has 1 aromatic heterocycles. The fourth-order valence-corrected chi connectivity index (χ4v) is 0.858. The van der Waals surface area contributed by atoms with E-state index in [1.807, 2.05) is 12.4 Å². The summed E-state index contributed by atoms with van der Waals surface area (Å²) in [5.41, 5.74) is 0. The van der Waals surface area contributed by atoms with E-state index in [0.29, 0.717) is 0 Å². The van der Waals surface area contributed by atoms with E-state index in [2.05, 4.69) is 9.97 Å². The van der Waals surface area contributed by atoms with Crippen LogP contribution in [0.5, 0.6) is 0 Å². The quantitative estimate of drug-likeness (QED) is 0.577. The van der Waals surface area contributed by atoms with E-state index in [0.717, 1.165) is 5.92 Å². The first-order valence-corrected chi connectivity index (χ1v) is 2.96. The number of aromatic amines is 1. The molecule has 0 bridgehead atoms. The smallest absolute Gasteiger partial charge is 0.109 e. The fraction of sp³-hybridized carbons (Fsp3) is 0.500. The molecule has 0 spiro atoms. The van der Waals surface area contributed by atoms with Crippen LogP contribution in [0.2, 0.25) is 0 Å². The van der Waals surface area contributed by atoms with Crippen LogP contribution in [0.15, 0.2) is 12.4 Å². The zero-order chi connectivity index (χ0) is 5.40. The molecule has 2 nitrogen and oxygen atoms in total. The van der Waals surface area contributed by atoms with Crippen molar-refractivity contribution in [1.29, 1.82) is 0 Å². The van der Waals surface area contributed by atoms with Crippen LogP contribution in [0.4, 0.5) is 0 Å². The van der Waals surface area contributed by atoms with Gasteiger partial charge >= 0.3 is 0 Å². The van der Waals surface area contributed by atoms with Crippen LogP contribution in [0.25, 0.3) is 0 Å². The summed E-state index contributed by atoms with van der Waals surface area (Å²) in [7, 11) is 0. The largest absolute Gasteiger partial charge is 0.348 e. The van der Waals surface area contributed by atoms with Gasteiger partial charge in [0.2, 0.25) is 0 Å². The molecule has 8 heavy (non-hydrogen) atoms. The Hall–Kier alpha value is -0.790. The first-order valence-electron chi connectivity index (χ1n) is 2.96. The zero-order valence-corrected chi connectivity index (χ0v) is 4.59. The van der Waals surface area contributed by atoms with Crippen LogP contribution in [0.3, 0.4) is 0 Å². The Balaban J connectivity index is 2.28. The van der Waals surface area contributed by atoms with E-state index in [4.69, 9.17) is 0 Å². The molecule has 2 rings (SSSR count). The molecule has 1 saturated carbocycles. The van der Waals surface area contributed by atoms with Gasteiger partial charge in [-0.2, -0.15) is 0 Å². The van der Waals surface area contributed by atoms with Crippen LogP contribution in [-0.2, 0) is 0 Å². The van der Waals surface area contributed by atoms with Gasteiger partial charge in [0.25, 0.3) is 0 Å². The second-order valence-electron chi connectivity index (χ2n) is 2.25. The molecule has 0 radical (unpaired) electrons. The normalized spacial score (nSPS) is 19.0. The van der Waals surface area contributed by atoms with Gasteiger partial charge in [0, 0.05) is 18.3 Å². The third-order valence-electron chi connectivity index (χ3n) is 1.48. The molecule has 0 aromatic carbocycles. The highest BCUT2D eigenvalue weighted by atomic mass is 14.9. The van der Waals surface area contributed by atoms with Crippen LogP contribution in [0.1, 0.15) is 24.6 Å². The van der Waals surface area contributed by atoms with Crippen molar-refractivity contribution in [2.24, 2.45) is 0 Å². The molecule has 0 saturated heterocycles. The molecule has 2 heteroatoms. The molecular weight excluding hydrogens is 100 g/mol. The Morgan fingerprint density at radius 2 is 2.50 bits per heavy atom. The number of nitrogens with one attached hydrogen (secondary N) is 1. The van der Waals surface area contributed by atoms with Crippen molar-refractivity contribution < 1.29 is 0 Å². The van der Waals surface area contributed by atoms with Gasteiger partial charge < -0.3 is 4.98 Å². The lowest BCUT2D eigenvalue weighted by atomic mass is 10.4. The van der Waals surface area contributed by atoms with Gasteiger partial charge in [-0.25, -0.2) is 4.98 Å². The molecule has 0 atom stereocenters. The molecular formula is C6H8N2. The number of H-pyrrole nitrogens is 1. The number of rotatable bonds is 1.